The molecule has 0 saturated carbocycles. The molecule has 0 amide bonds. The van der Waals surface area contributed by atoms with Crippen LogP contribution in [0.1, 0.15) is 0 Å². The van der Waals surface area contributed by atoms with Crippen LogP contribution in [-0.2, 0) is 0 Å². The second-order valence-corrected chi connectivity index (χ2v) is 1.73. The molecule has 0 fully saturated rings. The van der Waals surface area contributed by atoms with Gasteiger partial charge in [0, 0.05) is 13.1 Å². The summed E-state index contributed by atoms with van der Waals surface area (Å²) in [6, 6.07) is 6.00. The minimum atomic E-state index is 0.597. The molecule has 0 unspecified atom stereocenters. The van der Waals surface area contributed by atoms with E-state index in [9.17, 15) is 0 Å². The zero-order valence-corrected chi connectivity index (χ0v) is 6.03. The quantitative estimate of drug-likeness (QED) is 0.567. The van der Waals surface area contributed by atoms with Crippen molar-refractivity contribution in [2.75, 3.05) is 13.1 Å². The zero-order valence-electron chi connectivity index (χ0n) is 6.03. The molecule has 3 heteroatoms. The Hall–Kier alpha value is -0.665. The third kappa shape index (κ3) is 7.33. The van der Waals surface area contributed by atoms with Gasteiger partial charge < -0.3 is 11.5 Å². The molecule has 1 aromatic heterocycles. The topological polar surface area (TPSA) is 52.0 Å². The summed E-state index contributed by atoms with van der Waals surface area (Å²) in [5.74, 6) is 4.00. The van der Waals surface area contributed by atoms with Gasteiger partial charge in [0.05, 0.1) is 0 Å². The number of hydrogen-bond acceptors (Lipinski definition) is 2. The minimum absolute atomic E-state index is 0.597. The Morgan fingerprint density at radius 3 is 1.50 bits per heavy atom. The van der Waals surface area contributed by atoms with Crippen LogP contribution in [0.2, 0.25) is 0 Å². The van der Waals surface area contributed by atoms with Gasteiger partial charge in [0.2, 0.25) is 0 Å². The molecule has 1 aromatic rings. The first-order valence-corrected chi connectivity index (χ1v) is 3.32. The van der Waals surface area contributed by atoms with E-state index in [2.05, 4.69) is 0 Å². The molecule has 1 heterocycles. The van der Waals surface area contributed by atoms with Gasteiger partial charge in [0.1, 0.15) is 0 Å². The van der Waals surface area contributed by atoms with Gasteiger partial charge >= 0.3 is 37.0 Å². The van der Waals surface area contributed by atoms with Crippen LogP contribution < -0.4 is 11.5 Å². The predicted molar refractivity (Wildman–Crippen MR) is 45.9 cm³/mol. The number of hydrogen-bond donors (Lipinski definition) is 2. The van der Waals surface area contributed by atoms with Crippen LogP contribution >= 0.6 is 0 Å². The molecule has 0 radical (unpaired) electrons. The Kier molecular flexibility index (Phi) is 7.78. The third-order valence-corrected chi connectivity index (χ3v) is 0.833. The zero-order chi connectivity index (χ0) is 7.66. The molecule has 10 heavy (non-hydrogen) atoms. The fourth-order valence-corrected chi connectivity index (χ4v) is 0.385. The molecule has 0 aromatic carbocycles. The Morgan fingerprint density at radius 1 is 0.900 bits per heavy atom. The van der Waals surface area contributed by atoms with Crippen molar-refractivity contribution in [1.29, 1.82) is 0 Å². The molecule has 0 aliphatic rings. The van der Waals surface area contributed by atoms with Crippen LogP contribution in [0, 0.1) is 0 Å². The second-order valence-electron chi connectivity index (χ2n) is 1.73. The Morgan fingerprint density at radius 2 is 1.40 bits per heavy atom. The van der Waals surface area contributed by atoms with Crippen LogP contribution in [0.15, 0.2) is 30.1 Å². The van der Waals surface area contributed by atoms with E-state index in [0.717, 1.165) is 0 Å². The van der Waals surface area contributed by atoms with Crippen molar-refractivity contribution in [3.05, 3.63) is 30.1 Å². The summed E-state index contributed by atoms with van der Waals surface area (Å²) in [6.45, 7) is 3.19. The Bertz CT molecular complexity index is 104. The van der Waals surface area contributed by atoms with E-state index in [1.165, 1.54) is 0 Å². The average Bonchev–Trinajstić information content (AvgIpc) is 2.08. The SMILES string of the molecule is NCCN.b1ccccc1. The first-order valence-electron chi connectivity index (χ1n) is 3.32. The summed E-state index contributed by atoms with van der Waals surface area (Å²) in [4.78, 5) is 0. The van der Waals surface area contributed by atoms with Gasteiger partial charge in [-0.05, 0) is 0 Å². The molecule has 2 nitrogen and oxygen atoms in total. The van der Waals surface area contributed by atoms with E-state index in [1.54, 1.807) is 0 Å². The molecule has 1 rings (SSSR count). The summed E-state index contributed by atoms with van der Waals surface area (Å²) in [6.07, 6.45) is 0. The van der Waals surface area contributed by atoms with Crippen molar-refractivity contribution in [3.63, 3.8) is 0 Å². The molecule has 0 bridgehead atoms. The van der Waals surface area contributed by atoms with Crippen molar-refractivity contribution in [2.45, 2.75) is 0 Å². The van der Waals surface area contributed by atoms with Crippen LogP contribution in [0.3, 0.4) is 0 Å². The summed E-state index contributed by atoms with van der Waals surface area (Å²) >= 11 is 0. The van der Waals surface area contributed by atoms with Gasteiger partial charge in [-0.3, -0.25) is 0 Å². The molecule has 0 spiro atoms. The van der Waals surface area contributed by atoms with Crippen LogP contribution in [0.25, 0.3) is 0 Å². The molecule has 54 valence electrons. The van der Waals surface area contributed by atoms with Gasteiger partial charge in [-0.2, -0.15) is 0 Å². The van der Waals surface area contributed by atoms with Crippen molar-refractivity contribution < 1.29 is 0 Å². The summed E-state index contributed by atoms with van der Waals surface area (Å²) in [5.41, 5.74) is 9.81. The average molecular weight is 136 g/mol. The fourth-order valence-electron chi connectivity index (χ4n) is 0.385. The monoisotopic (exact) mass is 136 g/mol. The van der Waals surface area contributed by atoms with Crippen molar-refractivity contribution in [3.8, 4) is 0 Å². The maximum atomic E-state index is 4.90. The molecular formula is C7H13BN2. The number of rotatable bonds is 1. The molecule has 0 aliphatic carbocycles. The van der Waals surface area contributed by atoms with E-state index in [1.807, 2.05) is 37.0 Å². The molecular weight excluding hydrogens is 123 g/mol. The van der Waals surface area contributed by atoms with E-state index in [-0.39, 0.29) is 0 Å². The van der Waals surface area contributed by atoms with E-state index >= 15 is 0 Å². The van der Waals surface area contributed by atoms with Crippen LogP contribution in [0.4, 0.5) is 0 Å². The maximum absolute atomic E-state index is 4.90. The van der Waals surface area contributed by atoms with Crippen LogP contribution in [0.5, 0.6) is 0 Å². The Balaban J connectivity index is 0.000000180. The van der Waals surface area contributed by atoms with Gasteiger partial charge in [0.15, 0.2) is 0 Å². The van der Waals surface area contributed by atoms with Gasteiger partial charge in [-0.1, -0.05) is 0 Å². The summed E-state index contributed by atoms with van der Waals surface area (Å²) in [5, 5.41) is 0. The van der Waals surface area contributed by atoms with Crippen molar-refractivity contribution in [1.82, 2.24) is 0 Å². The van der Waals surface area contributed by atoms with Crippen LogP contribution in [-0.4, -0.2) is 20.0 Å². The molecule has 0 atom stereocenters. The standard InChI is InChI=1S/C5H5B.C2H8N2/c1-2-4-6-5-3-1;3-1-2-4/h1-5H;1-4H2. The first-order chi connectivity index (χ1) is 4.91. The summed E-state index contributed by atoms with van der Waals surface area (Å²) in [7, 11) is 0. The first kappa shape index (κ1) is 9.33. The van der Waals surface area contributed by atoms with Gasteiger partial charge in [0.25, 0.3) is 0 Å². The normalized spacial score (nSPS) is 7.40. The molecule has 0 saturated heterocycles. The molecule has 4 N–H and O–H groups in total. The third-order valence-electron chi connectivity index (χ3n) is 0.833. The van der Waals surface area contributed by atoms with Gasteiger partial charge in [-0.25, -0.2) is 0 Å². The second kappa shape index (κ2) is 8.33. The van der Waals surface area contributed by atoms with Crippen molar-refractivity contribution >= 4 is 6.91 Å². The van der Waals surface area contributed by atoms with E-state index in [0.29, 0.717) is 13.1 Å². The predicted octanol–water partition coefficient (Wildman–Crippen LogP) is -0.0715. The van der Waals surface area contributed by atoms with Gasteiger partial charge in [-0.15, -0.1) is 0 Å². The Labute approximate surface area is 62.4 Å². The van der Waals surface area contributed by atoms with E-state index < -0.39 is 0 Å². The van der Waals surface area contributed by atoms with E-state index in [4.69, 9.17) is 11.5 Å². The fraction of sp³-hybridized carbons (Fsp3) is 0.286. The number of nitrogens with two attached hydrogens (primary N) is 2. The molecule has 0 aliphatic heterocycles. The van der Waals surface area contributed by atoms with Crippen molar-refractivity contribution in [2.24, 2.45) is 11.5 Å². The summed E-state index contributed by atoms with van der Waals surface area (Å²) < 4.78 is 0.